The van der Waals surface area contributed by atoms with Crippen molar-refractivity contribution in [1.29, 1.82) is 0 Å². The molecule has 3 aromatic carbocycles. The van der Waals surface area contributed by atoms with Gasteiger partial charge in [-0.1, -0.05) is 93.6 Å². The van der Waals surface area contributed by atoms with Gasteiger partial charge in [0, 0.05) is 31.8 Å². The molecule has 3 rings (SSSR count). The maximum Gasteiger partial charge on any atom is 0.269 e. The zero-order chi connectivity index (χ0) is 26.5. The molecule has 0 saturated heterocycles. The zero-order valence-corrected chi connectivity index (χ0v) is 23.3. The van der Waals surface area contributed by atoms with Crippen molar-refractivity contribution in [1.82, 2.24) is 4.90 Å². The van der Waals surface area contributed by atoms with Gasteiger partial charge in [0.15, 0.2) is 8.32 Å². The molecule has 1 unspecified atom stereocenters. The molecule has 0 N–H and O–H groups in total. The van der Waals surface area contributed by atoms with E-state index in [0.29, 0.717) is 19.8 Å². The van der Waals surface area contributed by atoms with Gasteiger partial charge in [-0.15, -0.1) is 0 Å². The average molecular weight is 521 g/mol. The minimum absolute atomic E-state index is 0.101. The zero-order valence-electron chi connectivity index (χ0n) is 22.3. The smallest absolute Gasteiger partial charge is 0.269 e. The van der Waals surface area contributed by atoms with Crippen LogP contribution in [0.25, 0.3) is 0 Å². The van der Waals surface area contributed by atoms with Gasteiger partial charge in [-0.3, -0.25) is 15.0 Å². The molecule has 0 bridgehead atoms. The molecule has 0 heterocycles. The highest BCUT2D eigenvalue weighted by Gasteiger charge is 2.33. The van der Waals surface area contributed by atoms with Gasteiger partial charge in [-0.2, -0.15) is 0 Å². The van der Waals surface area contributed by atoms with Crippen LogP contribution in [0.3, 0.4) is 0 Å². The Morgan fingerprint density at radius 3 is 2.08 bits per heavy atom. The fourth-order valence-electron chi connectivity index (χ4n) is 4.62. The standard InChI is InChI=1S/C30H40N2O4Si/c1-4-37(5-2,6-3)36-30(28-18-13-19-29(22-28)32(33)34)24-31(23-26-14-9-7-10-15-26)20-21-35-25-27-16-11-8-12-17-27/h7-19,22,30H,4-6,20-21,23-25H2,1-3H3. The second-order valence-electron chi connectivity index (χ2n) is 9.46. The van der Waals surface area contributed by atoms with Crippen molar-refractivity contribution in [2.24, 2.45) is 0 Å². The van der Waals surface area contributed by atoms with Crippen LogP contribution in [-0.2, 0) is 22.3 Å². The number of nitro benzene ring substituents is 1. The van der Waals surface area contributed by atoms with Crippen LogP contribution in [0.5, 0.6) is 0 Å². The minimum Gasteiger partial charge on any atom is -0.409 e. The van der Waals surface area contributed by atoms with E-state index >= 15 is 0 Å². The first-order chi connectivity index (χ1) is 18.0. The summed E-state index contributed by atoms with van der Waals surface area (Å²) in [5.74, 6) is 0. The van der Waals surface area contributed by atoms with Crippen molar-refractivity contribution in [2.45, 2.75) is 58.2 Å². The highest BCUT2D eigenvalue weighted by Crippen LogP contribution is 2.32. The predicted molar refractivity (Wildman–Crippen MR) is 152 cm³/mol. The Kier molecular flexibility index (Phi) is 11.5. The molecule has 37 heavy (non-hydrogen) atoms. The summed E-state index contributed by atoms with van der Waals surface area (Å²) in [6, 6.07) is 30.6. The molecule has 1 atom stereocenters. The third kappa shape index (κ3) is 8.89. The molecule has 0 spiro atoms. The quantitative estimate of drug-likeness (QED) is 0.0853. The Balaban J connectivity index is 1.82. The Morgan fingerprint density at radius 2 is 1.49 bits per heavy atom. The Morgan fingerprint density at radius 1 is 0.865 bits per heavy atom. The lowest BCUT2D eigenvalue weighted by molar-refractivity contribution is -0.385. The third-order valence-corrected chi connectivity index (χ3v) is 11.8. The van der Waals surface area contributed by atoms with Crippen LogP contribution >= 0.6 is 0 Å². The summed E-state index contributed by atoms with van der Waals surface area (Å²) in [5.41, 5.74) is 3.33. The molecule has 0 aliphatic rings. The van der Waals surface area contributed by atoms with Crippen molar-refractivity contribution >= 4 is 14.0 Å². The van der Waals surface area contributed by atoms with E-state index in [9.17, 15) is 10.1 Å². The van der Waals surface area contributed by atoms with Crippen LogP contribution in [0.1, 0.15) is 43.6 Å². The molecule has 198 valence electrons. The summed E-state index contributed by atoms with van der Waals surface area (Å²) in [5, 5.41) is 11.5. The van der Waals surface area contributed by atoms with Crippen molar-refractivity contribution in [3.8, 4) is 0 Å². The van der Waals surface area contributed by atoms with Crippen molar-refractivity contribution in [3.63, 3.8) is 0 Å². The van der Waals surface area contributed by atoms with Crippen LogP contribution in [0.4, 0.5) is 5.69 Å². The van der Waals surface area contributed by atoms with Gasteiger partial charge in [-0.05, 0) is 34.8 Å². The fraction of sp³-hybridized carbons (Fsp3) is 0.400. The summed E-state index contributed by atoms with van der Waals surface area (Å²) in [6.45, 7) is 9.91. The molecule has 0 fully saturated rings. The second-order valence-corrected chi connectivity index (χ2v) is 14.2. The SMILES string of the molecule is CC[Si](CC)(CC)OC(CN(CCOCc1ccccc1)Cc1ccccc1)c1cccc([N+](=O)[O-])c1. The van der Waals surface area contributed by atoms with Gasteiger partial charge in [0.1, 0.15) is 0 Å². The molecule has 3 aromatic rings. The van der Waals surface area contributed by atoms with E-state index in [2.05, 4.69) is 62.1 Å². The summed E-state index contributed by atoms with van der Waals surface area (Å²) in [7, 11) is -1.98. The molecule has 7 heteroatoms. The number of non-ortho nitro benzene ring substituents is 1. The fourth-order valence-corrected chi connectivity index (χ4v) is 7.43. The average Bonchev–Trinajstić information content (AvgIpc) is 2.94. The van der Waals surface area contributed by atoms with Crippen LogP contribution < -0.4 is 0 Å². The van der Waals surface area contributed by atoms with Gasteiger partial charge in [-0.25, -0.2) is 0 Å². The first-order valence-electron chi connectivity index (χ1n) is 13.3. The molecule has 0 aliphatic heterocycles. The molecule has 0 aliphatic carbocycles. The highest BCUT2D eigenvalue weighted by molar-refractivity contribution is 6.73. The second kappa shape index (κ2) is 14.8. The molecule has 0 amide bonds. The van der Waals surface area contributed by atoms with Crippen molar-refractivity contribution in [2.75, 3.05) is 19.7 Å². The number of nitro groups is 1. The number of hydrogen-bond acceptors (Lipinski definition) is 5. The van der Waals surface area contributed by atoms with E-state index in [-0.39, 0.29) is 16.7 Å². The molecular formula is C30H40N2O4Si. The van der Waals surface area contributed by atoms with Crippen LogP contribution in [0, 0.1) is 10.1 Å². The Labute approximate surface area is 222 Å². The van der Waals surface area contributed by atoms with E-state index in [1.807, 2.05) is 30.3 Å². The first kappa shape index (κ1) is 28.7. The lowest BCUT2D eigenvalue weighted by Crippen LogP contribution is -2.41. The molecule has 6 nitrogen and oxygen atoms in total. The normalized spacial score (nSPS) is 12.5. The summed E-state index contributed by atoms with van der Waals surface area (Å²) >= 11 is 0. The number of hydrogen-bond donors (Lipinski definition) is 0. The van der Waals surface area contributed by atoms with Gasteiger partial charge in [0.25, 0.3) is 5.69 Å². The Bertz CT molecular complexity index is 1070. The Hall–Kier alpha value is -2.84. The highest BCUT2D eigenvalue weighted by atomic mass is 28.4. The number of rotatable bonds is 16. The molecule has 0 saturated carbocycles. The van der Waals surface area contributed by atoms with Gasteiger partial charge in [0.05, 0.1) is 24.2 Å². The monoisotopic (exact) mass is 520 g/mol. The third-order valence-electron chi connectivity index (χ3n) is 7.11. The van der Waals surface area contributed by atoms with E-state index in [0.717, 1.165) is 42.3 Å². The van der Waals surface area contributed by atoms with Gasteiger partial charge < -0.3 is 9.16 Å². The predicted octanol–water partition coefficient (Wildman–Crippen LogP) is 7.38. The van der Waals surface area contributed by atoms with Gasteiger partial charge >= 0.3 is 0 Å². The lowest BCUT2D eigenvalue weighted by atomic mass is 10.1. The van der Waals surface area contributed by atoms with E-state index in [1.54, 1.807) is 18.2 Å². The van der Waals surface area contributed by atoms with Crippen molar-refractivity contribution < 1.29 is 14.1 Å². The van der Waals surface area contributed by atoms with Gasteiger partial charge in [0.2, 0.25) is 0 Å². The first-order valence-corrected chi connectivity index (χ1v) is 15.8. The molecule has 0 aromatic heterocycles. The van der Waals surface area contributed by atoms with E-state index in [4.69, 9.17) is 9.16 Å². The number of ether oxygens (including phenoxy) is 1. The van der Waals surface area contributed by atoms with Crippen molar-refractivity contribution in [3.05, 3.63) is 112 Å². The van der Waals surface area contributed by atoms with Crippen LogP contribution in [-0.4, -0.2) is 37.8 Å². The largest absolute Gasteiger partial charge is 0.409 e. The number of nitrogens with zero attached hydrogens (tertiary/aromatic N) is 2. The van der Waals surface area contributed by atoms with Crippen LogP contribution in [0.15, 0.2) is 84.9 Å². The lowest BCUT2D eigenvalue weighted by Gasteiger charge is -2.36. The topological polar surface area (TPSA) is 64.8 Å². The molecule has 0 radical (unpaired) electrons. The van der Waals surface area contributed by atoms with E-state index < -0.39 is 8.32 Å². The van der Waals surface area contributed by atoms with E-state index in [1.165, 1.54) is 5.56 Å². The number of benzene rings is 3. The molecular weight excluding hydrogens is 480 g/mol. The maximum absolute atomic E-state index is 11.5. The minimum atomic E-state index is -1.98. The summed E-state index contributed by atoms with van der Waals surface area (Å²) < 4.78 is 13.0. The maximum atomic E-state index is 11.5. The summed E-state index contributed by atoms with van der Waals surface area (Å²) in [6.07, 6.45) is -0.246. The summed E-state index contributed by atoms with van der Waals surface area (Å²) in [4.78, 5) is 13.6. The van der Waals surface area contributed by atoms with Crippen LogP contribution in [0.2, 0.25) is 18.1 Å².